The molecule has 1 N–H and O–H groups in total. The number of ether oxygens (including phenoxy) is 1. The fourth-order valence-electron chi connectivity index (χ4n) is 2.51. The van der Waals surface area contributed by atoms with Gasteiger partial charge < -0.3 is 9.84 Å². The molecule has 2 rings (SSSR count). The molecule has 0 aliphatic carbocycles. The molecule has 0 saturated carbocycles. The van der Waals surface area contributed by atoms with Gasteiger partial charge in [-0.25, -0.2) is 4.98 Å². The molecule has 23 heavy (non-hydrogen) atoms. The van der Waals surface area contributed by atoms with Gasteiger partial charge in [0.2, 0.25) is 5.88 Å². The zero-order valence-corrected chi connectivity index (χ0v) is 15.4. The van der Waals surface area contributed by atoms with E-state index in [1.165, 1.54) is 0 Å². The SMILES string of the molecule is Cc1cc(C)c(Oc2nc(C)nc(Br)c2C(C)C(=O)O)c(C)c1. The lowest BCUT2D eigenvalue weighted by atomic mass is 10.0. The third-order valence-electron chi connectivity index (χ3n) is 3.58. The van der Waals surface area contributed by atoms with E-state index in [-0.39, 0.29) is 5.88 Å². The molecular weight excluding hydrogens is 360 g/mol. The van der Waals surface area contributed by atoms with Gasteiger partial charge in [0, 0.05) is 0 Å². The minimum Gasteiger partial charge on any atom is -0.481 e. The third kappa shape index (κ3) is 3.69. The van der Waals surface area contributed by atoms with Gasteiger partial charge in [-0.2, -0.15) is 4.98 Å². The van der Waals surface area contributed by atoms with E-state index < -0.39 is 11.9 Å². The predicted octanol–water partition coefficient (Wildman–Crippen LogP) is 4.45. The summed E-state index contributed by atoms with van der Waals surface area (Å²) in [6.07, 6.45) is 0. The van der Waals surface area contributed by atoms with Gasteiger partial charge >= 0.3 is 5.97 Å². The van der Waals surface area contributed by atoms with E-state index in [4.69, 9.17) is 4.74 Å². The Balaban J connectivity index is 2.58. The average molecular weight is 379 g/mol. The first-order valence-electron chi connectivity index (χ1n) is 7.23. The second kappa shape index (κ2) is 6.66. The fraction of sp³-hybridized carbons (Fsp3) is 0.353. The molecule has 0 aliphatic rings. The molecule has 5 nitrogen and oxygen atoms in total. The zero-order valence-electron chi connectivity index (χ0n) is 13.8. The van der Waals surface area contributed by atoms with Crippen LogP contribution in [-0.2, 0) is 4.79 Å². The number of aliphatic carboxylic acids is 1. The average Bonchev–Trinajstić information content (AvgIpc) is 2.41. The van der Waals surface area contributed by atoms with Gasteiger partial charge in [-0.05, 0) is 61.7 Å². The number of carboxylic acids is 1. The Hall–Kier alpha value is -1.95. The summed E-state index contributed by atoms with van der Waals surface area (Å²) in [4.78, 5) is 19.9. The number of benzene rings is 1. The van der Waals surface area contributed by atoms with Crippen LogP contribution < -0.4 is 4.74 Å². The number of aromatic nitrogens is 2. The van der Waals surface area contributed by atoms with Crippen LogP contribution in [0, 0.1) is 27.7 Å². The summed E-state index contributed by atoms with van der Waals surface area (Å²) < 4.78 is 6.46. The molecule has 2 aromatic rings. The third-order valence-corrected chi connectivity index (χ3v) is 4.19. The summed E-state index contributed by atoms with van der Waals surface area (Å²) in [6.45, 7) is 9.26. The number of nitrogens with zero attached hydrogens (tertiary/aromatic N) is 2. The van der Waals surface area contributed by atoms with E-state index in [0.717, 1.165) is 16.7 Å². The Morgan fingerprint density at radius 2 is 1.74 bits per heavy atom. The lowest BCUT2D eigenvalue weighted by Gasteiger charge is -2.17. The van der Waals surface area contributed by atoms with E-state index in [1.807, 2.05) is 32.9 Å². The van der Waals surface area contributed by atoms with Gasteiger partial charge in [0.05, 0.1) is 11.5 Å². The van der Waals surface area contributed by atoms with Gasteiger partial charge in [-0.15, -0.1) is 0 Å². The van der Waals surface area contributed by atoms with E-state index in [9.17, 15) is 9.90 Å². The lowest BCUT2D eigenvalue weighted by molar-refractivity contribution is -0.138. The molecule has 122 valence electrons. The van der Waals surface area contributed by atoms with Crippen molar-refractivity contribution in [2.75, 3.05) is 0 Å². The molecule has 0 bridgehead atoms. The standard InChI is InChI=1S/C17H19BrN2O3/c1-8-6-9(2)14(10(3)7-8)23-16-13(11(4)17(21)22)15(18)19-12(5)20-16/h6-7,11H,1-5H3,(H,21,22). The highest BCUT2D eigenvalue weighted by Gasteiger charge is 2.25. The molecular formula is C17H19BrN2O3. The minimum absolute atomic E-state index is 0.273. The summed E-state index contributed by atoms with van der Waals surface area (Å²) >= 11 is 3.33. The van der Waals surface area contributed by atoms with Crippen LogP contribution >= 0.6 is 15.9 Å². The maximum absolute atomic E-state index is 11.4. The van der Waals surface area contributed by atoms with Crippen molar-refractivity contribution in [2.45, 2.75) is 40.5 Å². The van der Waals surface area contributed by atoms with Crippen molar-refractivity contribution in [1.29, 1.82) is 0 Å². The zero-order chi connectivity index (χ0) is 17.3. The van der Waals surface area contributed by atoms with Crippen LogP contribution in [0.2, 0.25) is 0 Å². The molecule has 1 heterocycles. The molecule has 1 aromatic carbocycles. The van der Waals surface area contributed by atoms with Gasteiger partial charge in [-0.3, -0.25) is 4.79 Å². The first kappa shape index (κ1) is 17.4. The molecule has 0 fully saturated rings. The first-order chi connectivity index (χ1) is 10.7. The summed E-state index contributed by atoms with van der Waals surface area (Å²) in [6, 6.07) is 4.04. The van der Waals surface area contributed by atoms with Crippen molar-refractivity contribution < 1.29 is 14.6 Å². The smallest absolute Gasteiger partial charge is 0.311 e. The van der Waals surface area contributed by atoms with Crippen molar-refractivity contribution in [3.05, 3.63) is 44.8 Å². The number of carbonyl (C=O) groups is 1. The topological polar surface area (TPSA) is 72.3 Å². The first-order valence-corrected chi connectivity index (χ1v) is 8.02. The van der Waals surface area contributed by atoms with E-state index in [1.54, 1.807) is 13.8 Å². The van der Waals surface area contributed by atoms with Gasteiger partial charge in [0.1, 0.15) is 16.2 Å². The van der Waals surface area contributed by atoms with Crippen molar-refractivity contribution in [3.8, 4) is 11.6 Å². The number of carboxylic acid groups (broad SMARTS) is 1. The molecule has 1 aromatic heterocycles. The number of hydrogen-bond donors (Lipinski definition) is 1. The highest BCUT2D eigenvalue weighted by Crippen LogP contribution is 2.36. The molecule has 0 amide bonds. The van der Waals surface area contributed by atoms with Gasteiger partial charge in [-0.1, -0.05) is 17.7 Å². The summed E-state index contributed by atoms with van der Waals surface area (Å²) in [5.74, 6) is -0.268. The lowest BCUT2D eigenvalue weighted by Crippen LogP contribution is -2.12. The van der Waals surface area contributed by atoms with E-state index >= 15 is 0 Å². The van der Waals surface area contributed by atoms with E-state index in [0.29, 0.717) is 21.7 Å². The van der Waals surface area contributed by atoms with Crippen LogP contribution in [0.1, 0.15) is 40.9 Å². The molecule has 0 aliphatic heterocycles. The molecule has 0 radical (unpaired) electrons. The Labute approximate surface area is 143 Å². The van der Waals surface area contributed by atoms with Crippen LogP contribution in [0.15, 0.2) is 16.7 Å². The molecule has 6 heteroatoms. The minimum atomic E-state index is -0.958. The van der Waals surface area contributed by atoms with Crippen LogP contribution in [0.5, 0.6) is 11.6 Å². The van der Waals surface area contributed by atoms with Crippen molar-refractivity contribution >= 4 is 21.9 Å². The normalized spacial score (nSPS) is 12.1. The highest BCUT2D eigenvalue weighted by molar-refractivity contribution is 9.10. The second-order valence-corrected chi connectivity index (χ2v) is 6.42. The Morgan fingerprint density at radius 3 is 2.26 bits per heavy atom. The van der Waals surface area contributed by atoms with Crippen molar-refractivity contribution in [3.63, 3.8) is 0 Å². The number of aryl methyl sites for hydroxylation is 4. The summed E-state index contributed by atoms with van der Waals surface area (Å²) in [5.41, 5.74) is 3.53. The Bertz CT molecular complexity index is 752. The second-order valence-electron chi connectivity index (χ2n) is 5.67. The van der Waals surface area contributed by atoms with Crippen molar-refractivity contribution in [1.82, 2.24) is 9.97 Å². The number of hydrogen-bond acceptors (Lipinski definition) is 4. The van der Waals surface area contributed by atoms with Gasteiger partial charge in [0.15, 0.2) is 0 Å². The maximum Gasteiger partial charge on any atom is 0.311 e. The summed E-state index contributed by atoms with van der Waals surface area (Å²) in [7, 11) is 0. The Morgan fingerprint density at radius 1 is 1.17 bits per heavy atom. The van der Waals surface area contributed by atoms with Crippen LogP contribution in [0.25, 0.3) is 0 Å². The number of rotatable bonds is 4. The largest absolute Gasteiger partial charge is 0.481 e. The molecule has 0 saturated heterocycles. The fourth-order valence-corrected chi connectivity index (χ4v) is 3.28. The number of halogens is 1. The quantitative estimate of drug-likeness (QED) is 0.795. The van der Waals surface area contributed by atoms with Crippen molar-refractivity contribution in [2.24, 2.45) is 0 Å². The van der Waals surface area contributed by atoms with Crippen LogP contribution in [0.4, 0.5) is 0 Å². The monoisotopic (exact) mass is 378 g/mol. The molecule has 0 spiro atoms. The van der Waals surface area contributed by atoms with Gasteiger partial charge in [0.25, 0.3) is 0 Å². The predicted molar refractivity (Wildman–Crippen MR) is 91.2 cm³/mol. The van der Waals surface area contributed by atoms with Crippen LogP contribution in [-0.4, -0.2) is 21.0 Å². The van der Waals surface area contributed by atoms with Crippen LogP contribution in [0.3, 0.4) is 0 Å². The molecule has 1 atom stereocenters. The summed E-state index contributed by atoms with van der Waals surface area (Å²) in [5, 5.41) is 9.33. The molecule has 1 unspecified atom stereocenters. The maximum atomic E-state index is 11.4. The van der Waals surface area contributed by atoms with E-state index in [2.05, 4.69) is 25.9 Å². The highest BCUT2D eigenvalue weighted by atomic mass is 79.9. The Kier molecular flexibility index (Phi) is 5.04.